The maximum atomic E-state index is 11.8. The number of anilines is 1. The molecule has 0 saturated carbocycles. The van der Waals surface area contributed by atoms with Crippen LogP contribution in [0.1, 0.15) is 0 Å². The molecule has 0 unspecified atom stereocenters. The quantitative estimate of drug-likeness (QED) is 0.643. The number of aliphatic hydroxyl groups excluding tert-OH is 1. The lowest BCUT2D eigenvalue weighted by Crippen LogP contribution is -2.53. The molecule has 4 heterocycles. The van der Waals surface area contributed by atoms with Crippen LogP contribution in [-0.2, 0) is 9.84 Å². The number of rotatable bonds is 3. The summed E-state index contributed by atoms with van der Waals surface area (Å²) in [6.45, 7) is 2.75. The van der Waals surface area contributed by atoms with Crippen molar-refractivity contribution in [2.75, 3.05) is 42.6 Å². The predicted molar refractivity (Wildman–Crippen MR) is 109 cm³/mol. The fourth-order valence-corrected chi connectivity index (χ4v) is 6.10. The van der Waals surface area contributed by atoms with Gasteiger partial charge in [-0.05, 0) is 12.1 Å². The van der Waals surface area contributed by atoms with E-state index in [1.165, 1.54) is 0 Å². The van der Waals surface area contributed by atoms with E-state index in [0.29, 0.717) is 26.2 Å². The number of aliphatic hydroxyl groups is 1. The molecule has 2 aliphatic heterocycles. The van der Waals surface area contributed by atoms with Gasteiger partial charge in [0, 0.05) is 26.2 Å². The summed E-state index contributed by atoms with van der Waals surface area (Å²) in [6, 6.07) is 9.53. The van der Waals surface area contributed by atoms with Crippen molar-refractivity contribution in [3.8, 4) is 5.69 Å². The van der Waals surface area contributed by atoms with Gasteiger partial charge in [-0.15, -0.1) is 0 Å². The van der Waals surface area contributed by atoms with E-state index in [0.717, 1.165) is 22.5 Å². The lowest BCUT2D eigenvalue weighted by Gasteiger charge is -2.39. The van der Waals surface area contributed by atoms with Gasteiger partial charge in [0.1, 0.15) is 12.1 Å². The SMILES string of the molecule is O=S1(=O)C[C@H](O)[C@@H](N2CCN(c3ncnc4c3cnn4-c3ccccc3)CC2)C1. The Morgan fingerprint density at radius 3 is 2.45 bits per heavy atom. The maximum Gasteiger partial charge on any atom is 0.168 e. The molecule has 9 nitrogen and oxygen atoms in total. The van der Waals surface area contributed by atoms with E-state index in [-0.39, 0.29) is 17.5 Å². The predicted octanol–water partition coefficient (Wildman–Crippen LogP) is 0.0954. The van der Waals surface area contributed by atoms with E-state index in [4.69, 9.17) is 0 Å². The van der Waals surface area contributed by atoms with E-state index < -0.39 is 15.9 Å². The lowest BCUT2D eigenvalue weighted by molar-refractivity contribution is 0.0792. The van der Waals surface area contributed by atoms with Crippen LogP contribution in [0.25, 0.3) is 16.7 Å². The van der Waals surface area contributed by atoms with Gasteiger partial charge in [-0.25, -0.2) is 23.1 Å². The second-order valence-electron chi connectivity index (χ2n) is 7.56. The molecule has 0 bridgehead atoms. The standard InChI is InChI=1S/C19H22N6O3S/c26-17-12-29(27,28)11-16(17)23-6-8-24(9-7-23)18-15-10-22-25(19(15)21-13-20-18)14-4-2-1-3-5-14/h1-5,10,13,16-17,26H,6-9,11-12H2/t16-,17-/m0/s1. The summed E-state index contributed by atoms with van der Waals surface area (Å²) in [5.41, 5.74) is 1.69. The summed E-state index contributed by atoms with van der Waals surface area (Å²) in [5, 5.41) is 15.5. The molecule has 3 aromatic rings. The number of benzene rings is 1. The molecular formula is C19H22N6O3S. The molecule has 2 aliphatic rings. The number of nitrogens with zero attached hydrogens (tertiary/aromatic N) is 6. The molecule has 2 atom stereocenters. The topological polar surface area (TPSA) is 104 Å². The maximum absolute atomic E-state index is 11.8. The number of piperazine rings is 1. The van der Waals surface area contributed by atoms with Gasteiger partial charge < -0.3 is 10.0 Å². The first-order valence-electron chi connectivity index (χ1n) is 9.63. The van der Waals surface area contributed by atoms with Gasteiger partial charge in [0.25, 0.3) is 0 Å². The molecule has 5 rings (SSSR count). The van der Waals surface area contributed by atoms with Crippen LogP contribution in [0.2, 0.25) is 0 Å². The Balaban J connectivity index is 1.37. The Morgan fingerprint density at radius 1 is 1.00 bits per heavy atom. The van der Waals surface area contributed by atoms with Crippen LogP contribution in [0.5, 0.6) is 0 Å². The largest absolute Gasteiger partial charge is 0.390 e. The number of hydrogen-bond acceptors (Lipinski definition) is 8. The van der Waals surface area contributed by atoms with Gasteiger partial charge in [0.15, 0.2) is 15.5 Å². The Kier molecular flexibility index (Phi) is 4.49. The van der Waals surface area contributed by atoms with Gasteiger partial charge in [0.05, 0.1) is 40.9 Å². The van der Waals surface area contributed by atoms with Crippen molar-refractivity contribution in [2.45, 2.75) is 12.1 Å². The van der Waals surface area contributed by atoms with Crippen LogP contribution >= 0.6 is 0 Å². The van der Waals surface area contributed by atoms with Crippen molar-refractivity contribution >= 4 is 26.7 Å². The third-order valence-corrected chi connectivity index (χ3v) is 7.42. The zero-order valence-corrected chi connectivity index (χ0v) is 16.6. The summed E-state index contributed by atoms with van der Waals surface area (Å²) >= 11 is 0. The fraction of sp³-hybridized carbons (Fsp3) is 0.421. The number of hydrogen-bond donors (Lipinski definition) is 1. The number of aromatic nitrogens is 4. The second kappa shape index (κ2) is 7.05. The van der Waals surface area contributed by atoms with Crippen LogP contribution < -0.4 is 4.90 Å². The Bertz CT molecular complexity index is 1130. The molecule has 10 heteroatoms. The highest BCUT2D eigenvalue weighted by Gasteiger charge is 2.40. The average Bonchev–Trinajstić information content (AvgIpc) is 3.28. The monoisotopic (exact) mass is 414 g/mol. The van der Waals surface area contributed by atoms with E-state index in [1.807, 2.05) is 30.3 Å². The second-order valence-corrected chi connectivity index (χ2v) is 9.71. The van der Waals surface area contributed by atoms with Crippen molar-refractivity contribution < 1.29 is 13.5 Å². The van der Waals surface area contributed by atoms with E-state index >= 15 is 0 Å². The third kappa shape index (κ3) is 3.37. The molecule has 0 radical (unpaired) electrons. The molecule has 0 spiro atoms. The zero-order valence-electron chi connectivity index (χ0n) is 15.8. The summed E-state index contributed by atoms with van der Waals surface area (Å²) in [4.78, 5) is 13.2. The van der Waals surface area contributed by atoms with Crippen molar-refractivity contribution in [2.24, 2.45) is 0 Å². The molecule has 29 heavy (non-hydrogen) atoms. The summed E-state index contributed by atoms with van der Waals surface area (Å²) in [5.74, 6) is 0.732. The molecule has 2 aromatic heterocycles. The lowest BCUT2D eigenvalue weighted by atomic mass is 10.1. The highest BCUT2D eigenvalue weighted by Crippen LogP contribution is 2.27. The smallest absolute Gasteiger partial charge is 0.168 e. The summed E-state index contributed by atoms with van der Waals surface area (Å²) in [7, 11) is -3.15. The van der Waals surface area contributed by atoms with Gasteiger partial charge in [-0.1, -0.05) is 18.2 Å². The molecule has 1 N–H and O–H groups in total. The highest BCUT2D eigenvalue weighted by atomic mass is 32.2. The van der Waals surface area contributed by atoms with Crippen LogP contribution in [0.15, 0.2) is 42.9 Å². The first-order valence-corrected chi connectivity index (χ1v) is 11.5. The molecule has 0 amide bonds. The van der Waals surface area contributed by atoms with Crippen LogP contribution in [0, 0.1) is 0 Å². The molecule has 0 aliphatic carbocycles. The normalized spacial score (nSPS) is 24.9. The van der Waals surface area contributed by atoms with E-state index in [9.17, 15) is 13.5 Å². The molecule has 152 valence electrons. The van der Waals surface area contributed by atoms with Crippen molar-refractivity contribution in [3.05, 3.63) is 42.9 Å². The highest BCUT2D eigenvalue weighted by molar-refractivity contribution is 7.91. The average molecular weight is 414 g/mol. The first-order chi connectivity index (χ1) is 14.0. The third-order valence-electron chi connectivity index (χ3n) is 5.72. The minimum absolute atomic E-state index is 0.0375. The minimum Gasteiger partial charge on any atom is -0.390 e. The van der Waals surface area contributed by atoms with E-state index in [2.05, 4.69) is 24.9 Å². The number of fused-ring (bicyclic) bond motifs is 1. The number of para-hydroxylation sites is 1. The zero-order chi connectivity index (χ0) is 20.0. The summed E-state index contributed by atoms with van der Waals surface area (Å²) in [6.07, 6.45) is 2.54. The first kappa shape index (κ1) is 18.5. The summed E-state index contributed by atoms with van der Waals surface area (Å²) < 4.78 is 25.4. The Morgan fingerprint density at radius 2 is 1.76 bits per heavy atom. The van der Waals surface area contributed by atoms with Crippen LogP contribution in [0.4, 0.5) is 5.82 Å². The Hall–Kier alpha value is -2.56. The van der Waals surface area contributed by atoms with E-state index in [1.54, 1.807) is 17.2 Å². The van der Waals surface area contributed by atoms with Gasteiger partial charge in [-0.2, -0.15) is 5.10 Å². The van der Waals surface area contributed by atoms with Gasteiger partial charge in [-0.3, -0.25) is 4.90 Å². The fourth-order valence-electron chi connectivity index (χ4n) is 4.27. The molecule has 2 saturated heterocycles. The van der Waals surface area contributed by atoms with Crippen LogP contribution in [-0.4, -0.2) is 88.0 Å². The number of sulfone groups is 1. The van der Waals surface area contributed by atoms with Gasteiger partial charge in [0.2, 0.25) is 0 Å². The molecule has 1 aromatic carbocycles. The molecular weight excluding hydrogens is 392 g/mol. The van der Waals surface area contributed by atoms with Crippen molar-refractivity contribution in [3.63, 3.8) is 0 Å². The van der Waals surface area contributed by atoms with Crippen molar-refractivity contribution in [1.29, 1.82) is 0 Å². The molecule has 2 fully saturated rings. The Labute approximate surface area is 168 Å². The van der Waals surface area contributed by atoms with Crippen molar-refractivity contribution in [1.82, 2.24) is 24.6 Å². The van der Waals surface area contributed by atoms with Crippen LogP contribution in [0.3, 0.4) is 0 Å². The minimum atomic E-state index is -3.15. The van der Waals surface area contributed by atoms with Gasteiger partial charge >= 0.3 is 0 Å².